The third-order valence-corrected chi connectivity index (χ3v) is 1.78. The number of hydrogen-bond acceptors (Lipinski definition) is 4. The predicted octanol–water partition coefficient (Wildman–Crippen LogP) is 0.580. The molecule has 5 nitrogen and oxygen atoms in total. The number of carbonyl (C=O) groups is 1. The summed E-state index contributed by atoms with van der Waals surface area (Å²) in [4.78, 5) is 10.8. The van der Waals surface area contributed by atoms with E-state index in [9.17, 15) is 9.90 Å². The molecule has 0 aromatic carbocycles. The maximum atomic E-state index is 10.8. The van der Waals surface area contributed by atoms with Gasteiger partial charge in [0.1, 0.15) is 0 Å². The third kappa shape index (κ3) is 2.43. The molecule has 0 amide bonds. The summed E-state index contributed by atoms with van der Waals surface area (Å²) in [5.41, 5.74) is 0.565. The van der Waals surface area contributed by atoms with Gasteiger partial charge in [-0.1, -0.05) is 6.58 Å². The van der Waals surface area contributed by atoms with Crippen molar-refractivity contribution >= 4 is 12.2 Å². The largest absolute Gasteiger partial charge is 0.469 e. The van der Waals surface area contributed by atoms with Gasteiger partial charge in [0, 0.05) is 18.0 Å². The highest BCUT2D eigenvalue weighted by Crippen LogP contribution is 2.15. The van der Waals surface area contributed by atoms with E-state index in [1.807, 2.05) is 0 Å². The number of aliphatic hydroxyl groups excluding tert-OH is 1. The van der Waals surface area contributed by atoms with Crippen LogP contribution in [0.5, 0.6) is 0 Å². The van der Waals surface area contributed by atoms with Crippen LogP contribution in [0.4, 0.5) is 0 Å². The van der Waals surface area contributed by atoms with Crippen LogP contribution in [0.2, 0.25) is 0 Å². The molecule has 0 aliphatic rings. The monoisotopic (exact) mass is 196 g/mol. The molecular formula is C9H12N2O3. The summed E-state index contributed by atoms with van der Waals surface area (Å²) >= 11 is 0. The van der Waals surface area contributed by atoms with Crippen LogP contribution in [0.15, 0.2) is 19.0 Å². The van der Waals surface area contributed by atoms with Crippen molar-refractivity contribution < 1.29 is 14.6 Å². The lowest BCUT2D eigenvalue weighted by atomic mass is 10.1. The molecular weight excluding hydrogens is 184 g/mol. The molecule has 0 aliphatic carbocycles. The van der Waals surface area contributed by atoms with Crippen molar-refractivity contribution in [3.05, 3.63) is 24.5 Å². The van der Waals surface area contributed by atoms with Crippen LogP contribution < -0.4 is 0 Å². The average Bonchev–Trinajstić information content (AvgIpc) is 2.65. The van der Waals surface area contributed by atoms with E-state index < -0.39 is 12.1 Å². The quantitative estimate of drug-likeness (QED) is 0.715. The van der Waals surface area contributed by atoms with Crippen molar-refractivity contribution in [2.75, 3.05) is 7.11 Å². The second kappa shape index (κ2) is 4.57. The number of aliphatic hydroxyl groups is 1. The summed E-state index contributed by atoms with van der Waals surface area (Å²) in [5.74, 6) is -0.455. The van der Waals surface area contributed by atoms with Crippen LogP contribution in [-0.2, 0) is 9.53 Å². The summed E-state index contributed by atoms with van der Waals surface area (Å²) < 4.78 is 5.88. The Morgan fingerprint density at radius 3 is 3.14 bits per heavy atom. The smallest absolute Gasteiger partial charge is 0.308 e. The Kier molecular flexibility index (Phi) is 3.41. The van der Waals surface area contributed by atoms with Crippen molar-refractivity contribution in [1.82, 2.24) is 9.78 Å². The molecule has 1 aromatic rings. The first-order valence-electron chi connectivity index (χ1n) is 4.09. The highest BCUT2D eigenvalue weighted by Gasteiger charge is 2.14. The van der Waals surface area contributed by atoms with Crippen LogP contribution in [0, 0.1) is 0 Å². The molecule has 0 bridgehead atoms. The summed E-state index contributed by atoms with van der Waals surface area (Å²) in [6.45, 7) is 3.51. The zero-order valence-electron chi connectivity index (χ0n) is 7.88. The molecule has 5 heteroatoms. The van der Waals surface area contributed by atoms with E-state index in [2.05, 4.69) is 16.4 Å². The molecule has 1 rings (SSSR count). The van der Waals surface area contributed by atoms with Crippen molar-refractivity contribution in [2.24, 2.45) is 0 Å². The summed E-state index contributed by atoms with van der Waals surface area (Å²) in [7, 11) is 1.28. The number of aromatic nitrogens is 2. The molecule has 0 saturated heterocycles. The van der Waals surface area contributed by atoms with Gasteiger partial charge in [-0.2, -0.15) is 5.10 Å². The van der Waals surface area contributed by atoms with Crippen molar-refractivity contribution in [3.63, 3.8) is 0 Å². The fourth-order valence-electron chi connectivity index (χ4n) is 0.984. The van der Waals surface area contributed by atoms with Crippen molar-refractivity contribution in [2.45, 2.75) is 12.5 Å². The zero-order chi connectivity index (χ0) is 10.6. The Bertz CT molecular complexity index is 333. The second-order valence-corrected chi connectivity index (χ2v) is 2.73. The van der Waals surface area contributed by atoms with Gasteiger partial charge in [0.25, 0.3) is 0 Å². The Hall–Kier alpha value is -1.62. The summed E-state index contributed by atoms with van der Waals surface area (Å²) in [5, 5.41) is 13.4. The SMILES string of the molecule is C=Cn1cc([C@@H](O)CC(=O)OC)cn1. The third-order valence-electron chi connectivity index (χ3n) is 1.78. The maximum Gasteiger partial charge on any atom is 0.308 e. The second-order valence-electron chi connectivity index (χ2n) is 2.73. The standard InChI is InChI=1S/C9H12N2O3/c1-3-11-6-7(5-10-11)8(12)4-9(13)14-2/h3,5-6,8,12H,1,4H2,2H3/t8-/m0/s1. The Balaban J connectivity index is 2.64. The number of ether oxygens (including phenoxy) is 1. The fraction of sp³-hybridized carbons (Fsp3) is 0.333. The minimum absolute atomic E-state index is 0.0701. The minimum Gasteiger partial charge on any atom is -0.469 e. The lowest BCUT2D eigenvalue weighted by molar-refractivity contribution is -0.142. The molecule has 1 aromatic heterocycles. The Morgan fingerprint density at radius 1 is 1.93 bits per heavy atom. The first kappa shape index (κ1) is 10.5. The number of nitrogens with zero attached hydrogens (tertiary/aromatic N) is 2. The molecule has 0 spiro atoms. The van der Waals surface area contributed by atoms with Crippen LogP contribution in [-0.4, -0.2) is 28.0 Å². The summed E-state index contributed by atoms with van der Waals surface area (Å²) in [6.07, 6.45) is 3.62. The van der Waals surface area contributed by atoms with Gasteiger partial charge in [-0.25, -0.2) is 4.68 Å². The van der Waals surface area contributed by atoms with Crippen LogP contribution in [0.25, 0.3) is 6.20 Å². The molecule has 0 aliphatic heterocycles. The van der Waals surface area contributed by atoms with E-state index in [0.29, 0.717) is 5.56 Å². The minimum atomic E-state index is -0.879. The molecule has 1 heterocycles. The number of rotatable bonds is 4. The normalized spacial score (nSPS) is 12.1. The van der Waals surface area contributed by atoms with Crippen LogP contribution >= 0.6 is 0 Å². The van der Waals surface area contributed by atoms with Crippen LogP contribution in [0.1, 0.15) is 18.1 Å². The number of esters is 1. The predicted molar refractivity (Wildman–Crippen MR) is 50.2 cm³/mol. The Labute approximate surface area is 81.6 Å². The van der Waals surface area contributed by atoms with Gasteiger partial charge in [0.05, 0.1) is 25.8 Å². The first-order valence-corrected chi connectivity index (χ1v) is 4.09. The number of hydrogen-bond donors (Lipinski definition) is 1. The highest BCUT2D eigenvalue weighted by molar-refractivity contribution is 5.69. The molecule has 0 fully saturated rings. The van der Waals surface area contributed by atoms with Gasteiger partial charge in [-0.05, 0) is 0 Å². The molecule has 1 N–H and O–H groups in total. The molecule has 0 unspecified atom stereocenters. The van der Waals surface area contributed by atoms with Gasteiger partial charge in [0.15, 0.2) is 0 Å². The van der Waals surface area contributed by atoms with Crippen LogP contribution in [0.3, 0.4) is 0 Å². The van der Waals surface area contributed by atoms with E-state index in [0.717, 1.165) is 0 Å². The number of carbonyl (C=O) groups excluding carboxylic acids is 1. The lowest BCUT2D eigenvalue weighted by Gasteiger charge is -2.05. The topological polar surface area (TPSA) is 64.4 Å². The van der Waals surface area contributed by atoms with E-state index in [1.54, 1.807) is 6.20 Å². The van der Waals surface area contributed by atoms with Gasteiger partial charge >= 0.3 is 5.97 Å². The average molecular weight is 196 g/mol. The van der Waals surface area contributed by atoms with Gasteiger partial charge in [0.2, 0.25) is 0 Å². The van der Waals surface area contributed by atoms with Gasteiger partial charge < -0.3 is 9.84 Å². The number of methoxy groups -OCH3 is 1. The zero-order valence-corrected chi connectivity index (χ0v) is 7.88. The van der Waals surface area contributed by atoms with Crippen molar-refractivity contribution in [1.29, 1.82) is 0 Å². The van der Waals surface area contributed by atoms with E-state index in [-0.39, 0.29) is 6.42 Å². The molecule has 1 atom stereocenters. The van der Waals surface area contributed by atoms with E-state index in [4.69, 9.17) is 0 Å². The highest BCUT2D eigenvalue weighted by atomic mass is 16.5. The van der Waals surface area contributed by atoms with E-state index in [1.165, 1.54) is 24.2 Å². The lowest BCUT2D eigenvalue weighted by Crippen LogP contribution is -2.07. The first-order chi connectivity index (χ1) is 6.67. The summed E-state index contributed by atoms with van der Waals surface area (Å²) in [6, 6.07) is 0. The maximum absolute atomic E-state index is 10.8. The molecule has 76 valence electrons. The van der Waals surface area contributed by atoms with Gasteiger partial charge in [-0.15, -0.1) is 0 Å². The molecule has 0 saturated carbocycles. The molecule has 0 radical (unpaired) electrons. The van der Waals surface area contributed by atoms with E-state index >= 15 is 0 Å². The fourth-order valence-corrected chi connectivity index (χ4v) is 0.984. The Morgan fingerprint density at radius 2 is 2.64 bits per heavy atom. The molecule has 14 heavy (non-hydrogen) atoms. The van der Waals surface area contributed by atoms with Gasteiger partial charge in [-0.3, -0.25) is 4.79 Å². The van der Waals surface area contributed by atoms with Crippen molar-refractivity contribution in [3.8, 4) is 0 Å².